The maximum absolute atomic E-state index is 13.5. The van der Waals surface area contributed by atoms with Crippen LogP contribution in [0.2, 0.25) is 0 Å². The van der Waals surface area contributed by atoms with Crippen molar-refractivity contribution in [2.45, 2.75) is 13.0 Å². The lowest BCUT2D eigenvalue weighted by Crippen LogP contribution is -2.29. The van der Waals surface area contributed by atoms with E-state index in [2.05, 4.69) is 0 Å². The summed E-state index contributed by atoms with van der Waals surface area (Å²) < 4.78 is 13.5. The predicted molar refractivity (Wildman–Crippen MR) is 109 cm³/mol. The molecule has 0 saturated carbocycles. The first-order valence-corrected chi connectivity index (χ1v) is 9.16. The van der Waals surface area contributed by atoms with Crippen molar-refractivity contribution in [2.75, 3.05) is 4.90 Å². The Bertz CT molecular complexity index is 1120. The van der Waals surface area contributed by atoms with Gasteiger partial charge in [-0.2, -0.15) is 0 Å². The molecule has 29 heavy (non-hydrogen) atoms. The highest BCUT2D eigenvalue weighted by Gasteiger charge is 2.46. The lowest BCUT2D eigenvalue weighted by atomic mass is 9.95. The third-order valence-electron chi connectivity index (χ3n) is 4.96. The zero-order chi connectivity index (χ0) is 20.5. The first-order chi connectivity index (χ1) is 14.0. The highest BCUT2D eigenvalue weighted by Crippen LogP contribution is 2.42. The van der Waals surface area contributed by atoms with Gasteiger partial charge in [-0.05, 0) is 42.3 Å². The fourth-order valence-corrected chi connectivity index (χ4v) is 3.59. The Morgan fingerprint density at radius 1 is 0.931 bits per heavy atom. The number of hydrogen-bond donors (Lipinski definition) is 1. The first-order valence-electron chi connectivity index (χ1n) is 9.16. The van der Waals surface area contributed by atoms with Gasteiger partial charge in [0.25, 0.3) is 11.7 Å². The maximum atomic E-state index is 13.5. The Kier molecular flexibility index (Phi) is 4.72. The van der Waals surface area contributed by atoms with E-state index in [-0.39, 0.29) is 11.3 Å². The summed E-state index contributed by atoms with van der Waals surface area (Å²) in [6, 6.07) is 20.5. The number of hydrogen-bond acceptors (Lipinski definition) is 3. The quantitative estimate of drug-likeness (QED) is 0.400. The van der Waals surface area contributed by atoms with Crippen LogP contribution in [-0.4, -0.2) is 16.8 Å². The monoisotopic (exact) mass is 387 g/mol. The van der Waals surface area contributed by atoms with Gasteiger partial charge >= 0.3 is 0 Å². The molecule has 1 N–H and O–H groups in total. The van der Waals surface area contributed by atoms with E-state index in [1.165, 1.54) is 29.2 Å². The average Bonchev–Trinajstić information content (AvgIpc) is 2.99. The molecule has 0 bridgehead atoms. The number of amides is 1. The van der Waals surface area contributed by atoms with E-state index >= 15 is 0 Å². The van der Waals surface area contributed by atoms with Crippen LogP contribution in [-0.2, 0) is 9.59 Å². The zero-order valence-electron chi connectivity index (χ0n) is 15.7. The van der Waals surface area contributed by atoms with Crippen molar-refractivity contribution in [3.05, 3.63) is 107 Å². The van der Waals surface area contributed by atoms with E-state index < -0.39 is 23.5 Å². The lowest BCUT2D eigenvalue weighted by Gasteiger charge is -2.25. The number of benzene rings is 3. The largest absolute Gasteiger partial charge is 0.507 e. The minimum atomic E-state index is -0.863. The number of carbonyl (C=O) groups is 2. The molecule has 1 saturated heterocycles. The minimum Gasteiger partial charge on any atom is -0.507 e. The molecule has 1 amide bonds. The topological polar surface area (TPSA) is 57.6 Å². The van der Waals surface area contributed by atoms with Crippen molar-refractivity contribution in [2.24, 2.45) is 0 Å². The summed E-state index contributed by atoms with van der Waals surface area (Å²) in [5.74, 6) is -2.19. The number of rotatable bonds is 3. The molecule has 4 nitrogen and oxygen atoms in total. The van der Waals surface area contributed by atoms with E-state index in [4.69, 9.17) is 0 Å². The predicted octanol–water partition coefficient (Wildman–Crippen LogP) is 4.76. The Balaban J connectivity index is 1.96. The van der Waals surface area contributed by atoms with E-state index in [0.29, 0.717) is 16.8 Å². The fraction of sp³-hybridized carbons (Fsp3) is 0.0833. The van der Waals surface area contributed by atoms with Gasteiger partial charge in [0.05, 0.1) is 11.6 Å². The highest BCUT2D eigenvalue weighted by atomic mass is 19.1. The van der Waals surface area contributed by atoms with Gasteiger partial charge < -0.3 is 5.11 Å². The van der Waals surface area contributed by atoms with Crippen LogP contribution in [0.3, 0.4) is 0 Å². The van der Waals surface area contributed by atoms with Crippen molar-refractivity contribution < 1.29 is 19.1 Å². The van der Waals surface area contributed by atoms with Crippen molar-refractivity contribution >= 4 is 23.1 Å². The number of carbonyl (C=O) groups excluding carboxylic acids is 2. The van der Waals surface area contributed by atoms with Crippen molar-refractivity contribution in [3.8, 4) is 0 Å². The number of aliphatic hydroxyl groups excluding tert-OH is 1. The van der Waals surface area contributed by atoms with Gasteiger partial charge in [-0.25, -0.2) is 4.39 Å². The number of aryl methyl sites for hydroxylation is 1. The number of nitrogens with zero attached hydrogens (tertiary/aromatic N) is 1. The maximum Gasteiger partial charge on any atom is 0.300 e. The normalized spacial score (nSPS) is 18.3. The Labute approximate surface area is 167 Å². The molecule has 1 unspecified atom stereocenters. The summed E-state index contributed by atoms with van der Waals surface area (Å²) in [7, 11) is 0. The fourth-order valence-electron chi connectivity index (χ4n) is 3.59. The molecule has 0 spiro atoms. The number of ketones is 1. The number of anilines is 1. The van der Waals surface area contributed by atoms with E-state index in [1.54, 1.807) is 48.5 Å². The SMILES string of the molecule is Cc1cccc(N2C(=O)C(=O)/C(=C(\O)c3ccccc3)C2c2ccc(F)cc2)c1. The Hall–Kier alpha value is -3.73. The highest BCUT2D eigenvalue weighted by molar-refractivity contribution is 6.51. The van der Waals surface area contributed by atoms with Gasteiger partial charge in [-0.1, -0.05) is 54.6 Å². The molecular weight excluding hydrogens is 369 g/mol. The first kappa shape index (κ1) is 18.6. The van der Waals surface area contributed by atoms with Crippen molar-refractivity contribution in [1.82, 2.24) is 0 Å². The summed E-state index contributed by atoms with van der Waals surface area (Å²) in [5.41, 5.74) is 2.40. The molecule has 144 valence electrons. The molecule has 1 atom stereocenters. The molecule has 0 aliphatic carbocycles. The van der Waals surface area contributed by atoms with E-state index in [0.717, 1.165) is 5.56 Å². The number of Topliss-reactive ketones (excluding diaryl/α,β-unsaturated/α-hetero) is 1. The van der Waals surface area contributed by atoms with Crippen LogP contribution in [0.25, 0.3) is 5.76 Å². The molecule has 1 aliphatic heterocycles. The van der Waals surface area contributed by atoms with Crippen LogP contribution in [0, 0.1) is 12.7 Å². The number of halogens is 1. The second-order valence-corrected chi connectivity index (χ2v) is 6.93. The third kappa shape index (κ3) is 3.31. The van der Waals surface area contributed by atoms with Crippen molar-refractivity contribution in [3.63, 3.8) is 0 Å². The Morgan fingerprint density at radius 2 is 1.62 bits per heavy atom. The molecule has 1 heterocycles. The zero-order valence-corrected chi connectivity index (χ0v) is 15.7. The van der Waals surface area contributed by atoms with Crippen LogP contribution in [0.5, 0.6) is 0 Å². The van der Waals surface area contributed by atoms with Crippen molar-refractivity contribution in [1.29, 1.82) is 0 Å². The van der Waals surface area contributed by atoms with Crippen LogP contribution in [0.4, 0.5) is 10.1 Å². The molecule has 1 aliphatic rings. The Morgan fingerprint density at radius 3 is 2.28 bits per heavy atom. The molecule has 3 aromatic carbocycles. The molecule has 5 heteroatoms. The van der Waals surface area contributed by atoms with Crippen LogP contribution < -0.4 is 4.90 Å². The molecular formula is C24H18FNO3. The van der Waals surface area contributed by atoms with Gasteiger partial charge in [-0.15, -0.1) is 0 Å². The second kappa shape index (κ2) is 7.36. The van der Waals surface area contributed by atoms with Crippen LogP contribution in [0.1, 0.15) is 22.7 Å². The molecule has 3 aromatic rings. The summed E-state index contributed by atoms with van der Waals surface area (Å²) in [6.07, 6.45) is 0. The summed E-state index contributed by atoms with van der Waals surface area (Å²) >= 11 is 0. The molecule has 0 radical (unpaired) electrons. The minimum absolute atomic E-state index is 0.0192. The standard InChI is InChI=1S/C24H18FNO3/c1-15-6-5-9-19(14-15)26-21(16-10-12-18(25)13-11-16)20(23(28)24(26)29)22(27)17-7-3-2-4-8-17/h2-14,21,27H,1H3/b22-20-. The summed E-state index contributed by atoms with van der Waals surface area (Å²) in [4.78, 5) is 27.3. The third-order valence-corrected chi connectivity index (χ3v) is 4.96. The van der Waals surface area contributed by atoms with E-state index in [9.17, 15) is 19.1 Å². The number of aliphatic hydroxyl groups is 1. The smallest absolute Gasteiger partial charge is 0.300 e. The molecule has 0 aromatic heterocycles. The van der Waals surface area contributed by atoms with Gasteiger partial charge in [0, 0.05) is 11.3 Å². The van der Waals surface area contributed by atoms with Gasteiger partial charge in [0.2, 0.25) is 0 Å². The van der Waals surface area contributed by atoms with Crippen LogP contribution in [0.15, 0.2) is 84.4 Å². The average molecular weight is 387 g/mol. The van der Waals surface area contributed by atoms with Gasteiger partial charge in [-0.3, -0.25) is 14.5 Å². The van der Waals surface area contributed by atoms with Gasteiger partial charge in [0.1, 0.15) is 11.6 Å². The van der Waals surface area contributed by atoms with Crippen LogP contribution >= 0.6 is 0 Å². The summed E-state index contributed by atoms with van der Waals surface area (Å²) in [6.45, 7) is 1.89. The van der Waals surface area contributed by atoms with E-state index in [1.807, 2.05) is 13.0 Å². The molecule has 4 rings (SSSR count). The molecule has 1 fully saturated rings. The summed E-state index contributed by atoms with van der Waals surface area (Å²) in [5, 5.41) is 10.9. The van der Waals surface area contributed by atoms with Gasteiger partial charge in [0.15, 0.2) is 0 Å². The second-order valence-electron chi connectivity index (χ2n) is 6.93. The lowest BCUT2D eigenvalue weighted by molar-refractivity contribution is -0.132.